The van der Waals surface area contributed by atoms with Crippen LogP contribution in [0.15, 0.2) is 30.6 Å². The molecular formula is C16H17ClFN3. The zero-order valence-electron chi connectivity index (χ0n) is 11.9. The Morgan fingerprint density at radius 2 is 2.00 bits per heavy atom. The van der Waals surface area contributed by atoms with Crippen LogP contribution in [0.25, 0.3) is 11.3 Å². The van der Waals surface area contributed by atoms with Crippen LogP contribution in [-0.2, 0) is 0 Å². The Kier molecular flexibility index (Phi) is 4.06. The smallest absolute Gasteiger partial charge is 0.176 e. The van der Waals surface area contributed by atoms with E-state index < -0.39 is 0 Å². The molecule has 110 valence electrons. The van der Waals surface area contributed by atoms with E-state index in [0.29, 0.717) is 28.0 Å². The molecule has 0 amide bonds. The summed E-state index contributed by atoms with van der Waals surface area (Å²) in [6.45, 7) is 3.88. The van der Waals surface area contributed by atoms with Crippen LogP contribution in [0.1, 0.15) is 19.8 Å². The number of hydrogen-bond acceptors (Lipinski definition) is 3. The molecule has 0 aliphatic carbocycles. The van der Waals surface area contributed by atoms with Crippen LogP contribution in [0.4, 0.5) is 10.2 Å². The average Bonchev–Trinajstić information content (AvgIpc) is 2.50. The first-order valence-electron chi connectivity index (χ1n) is 7.17. The number of nitrogens with zero attached hydrogens (tertiary/aromatic N) is 3. The summed E-state index contributed by atoms with van der Waals surface area (Å²) in [5, 5.41) is 0.292. The SMILES string of the molecule is CC1CCN(c2ncc(Cl)c(-c3ccccn3)c2F)CC1. The van der Waals surface area contributed by atoms with Crippen molar-refractivity contribution in [2.24, 2.45) is 5.92 Å². The van der Waals surface area contributed by atoms with Gasteiger partial charge in [-0.05, 0) is 30.9 Å². The highest BCUT2D eigenvalue weighted by molar-refractivity contribution is 6.33. The largest absolute Gasteiger partial charge is 0.354 e. The predicted octanol–water partition coefficient (Wildman–Crippen LogP) is 4.17. The van der Waals surface area contributed by atoms with E-state index in [4.69, 9.17) is 11.6 Å². The lowest BCUT2D eigenvalue weighted by molar-refractivity contribution is 0.432. The molecule has 3 heterocycles. The van der Waals surface area contributed by atoms with Crippen molar-refractivity contribution in [2.45, 2.75) is 19.8 Å². The van der Waals surface area contributed by atoms with Crippen LogP contribution in [-0.4, -0.2) is 23.1 Å². The van der Waals surface area contributed by atoms with Gasteiger partial charge in [-0.1, -0.05) is 24.6 Å². The maximum atomic E-state index is 14.9. The van der Waals surface area contributed by atoms with E-state index >= 15 is 0 Å². The molecule has 0 aromatic carbocycles. The molecule has 1 fully saturated rings. The molecule has 2 aromatic heterocycles. The summed E-state index contributed by atoms with van der Waals surface area (Å²) < 4.78 is 14.9. The van der Waals surface area contributed by atoms with Crippen LogP contribution in [0.5, 0.6) is 0 Å². The van der Waals surface area contributed by atoms with Gasteiger partial charge < -0.3 is 4.90 Å². The molecule has 0 bridgehead atoms. The Morgan fingerprint density at radius 1 is 1.24 bits per heavy atom. The minimum atomic E-state index is -0.379. The van der Waals surface area contributed by atoms with Crippen molar-refractivity contribution in [1.29, 1.82) is 0 Å². The lowest BCUT2D eigenvalue weighted by Crippen LogP contribution is -2.34. The quantitative estimate of drug-likeness (QED) is 0.833. The second-order valence-corrected chi connectivity index (χ2v) is 5.91. The van der Waals surface area contributed by atoms with Crippen molar-refractivity contribution in [1.82, 2.24) is 9.97 Å². The van der Waals surface area contributed by atoms with Gasteiger partial charge in [0.15, 0.2) is 11.6 Å². The Labute approximate surface area is 128 Å². The van der Waals surface area contributed by atoms with E-state index in [2.05, 4.69) is 16.9 Å². The van der Waals surface area contributed by atoms with Crippen LogP contribution < -0.4 is 4.90 Å². The molecule has 1 aliphatic heterocycles. The number of rotatable bonds is 2. The Balaban J connectivity index is 2.00. The van der Waals surface area contributed by atoms with Crippen LogP contribution >= 0.6 is 11.6 Å². The average molecular weight is 306 g/mol. The molecule has 21 heavy (non-hydrogen) atoms. The number of piperidine rings is 1. The van der Waals surface area contributed by atoms with Crippen molar-refractivity contribution in [3.63, 3.8) is 0 Å². The van der Waals surface area contributed by atoms with Gasteiger partial charge >= 0.3 is 0 Å². The molecule has 2 aromatic rings. The highest BCUT2D eigenvalue weighted by Gasteiger charge is 2.23. The van der Waals surface area contributed by atoms with Gasteiger partial charge in [-0.25, -0.2) is 9.37 Å². The fourth-order valence-corrected chi connectivity index (χ4v) is 2.87. The zero-order valence-corrected chi connectivity index (χ0v) is 12.6. The molecule has 0 spiro atoms. The highest BCUT2D eigenvalue weighted by Crippen LogP contribution is 2.34. The first-order chi connectivity index (χ1) is 10.2. The topological polar surface area (TPSA) is 29.0 Å². The molecule has 1 saturated heterocycles. The Morgan fingerprint density at radius 3 is 2.67 bits per heavy atom. The van der Waals surface area contributed by atoms with Gasteiger partial charge in [0.05, 0.1) is 16.3 Å². The van der Waals surface area contributed by atoms with E-state index in [9.17, 15) is 4.39 Å². The summed E-state index contributed by atoms with van der Waals surface area (Å²) in [4.78, 5) is 10.4. The maximum Gasteiger partial charge on any atom is 0.176 e. The van der Waals surface area contributed by atoms with Crippen molar-refractivity contribution in [3.05, 3.63) is 41.4 Å². The molecule has 0 radical (unpaired) electrons. The zero-order chi connectivity index (χ0) is 14.8. The fourth-order valence-electron chi connectivity index (χ4n) is 2.64. The van der Waals surface area contributed by atoms with Crippen LogP contribution in [0.3, 0.4) is 0 Å². The number of halogens is 2. The second-order valence-electron chi connectivity index (χ2n) is 5.50. The number of hydrogen-bond donors (Lipinski definition) is 0. The van der Waals surface area contributed by atoms with Crippen molar-refractivity contribution < 1.29 is 4.39 Å². The number of anilines is 1. The van der Waals surface area contributed by atoms with Crippen LogP contribution in [0, 0.1) is 11.7 Å². The molecule has 1 aliphatic rings. The van der Waals surface area contributed by atoms with Gasteiger partial charge in [0.1, 0.15) is 0 Å². The first-order valence-corrected chi connectivity index (χ1v) is 7.55. The summed E-state index contributed by atoms with van der Waals surface area (Å²) >= 11 is 6.14. The maximum absolute atomic E-state index is 14.9. The van der Waals surface area contributed by atoms with Gasteiger partial charge in [0.25, 0.3) is 0 Å². The van der Waals surface area contributed by atoms with Gasteiger partial charge in [-0.3, -0.25) is 4.98 Å². The second kappa shape index (κ2) is 5.98. The molecule has 0 unspecified atom stereocenters. The number of aromatic nitrogens is 2. The van der Waals surface area contributed by atoms with Crippen molar-refractivity contribution in [2.75, 3.05) is 18.0 Å². The van der Waals surface area contributed by atoms with Gasteiger partial charge in [-0.15, -0.1) is 0 Å². The summed E-state index contributed by atoms with van der Waals surface area (Å²) in [7, 11) is 0. The summed E-state index contributed by atoms with van der Waals surface area (Å²) in [5.41, 5.74) is 0.870. The third kappa shape index (κ3) is 2.86. The van der Waals surface area contributed by atoms with E-state index in [1.165, 1.54) is 6.20 Å². The summed E-state index contributed by atoms with van der Waals surface area (Å²) in [6.07, 6.45) is 5.27. The highest BCUT2D eigenvalue weighted by atomic mass is 35.5. The normalized spacial score (nSPS) is 16.2. The molecule has 0 atom stereocenters. The van der Waals surface area contributed by atoms with E-state index in [1.807, 2.05) is 11.0 Å². The van der Waals surface area contributed by atoms with Gasteiger partial charge in [0.2, 0.25) is 0 Å². The molecule has 5 heteroatoms. The van der Waals surface area contributed by atoms with E-state index in [-0.39, 0.29) is 5.82 Å². The predicted molar refractivity (Wildman–Crippen MR) is 83.0 cm³/mol. The van der Waals surface area contributed by atoms with Crippen molar-refractivity contribution >= 4 is 17.4 Å². The minimum absolute atomic E-state index is 0.292. The Bertz CT molecular complexity index is 625. The molecule has 3 rings (SSSR count). The standard InChI is InChI=1S/C16H17ClFN3/c1-11-5-8-21(9-6-11)16-15(18)14(12(17)10-20-16)13-4-2-3-7-19-13/h2-4,7,10-11H,5-6,8-9H2,1H3. The Hall–Kier alpha value is -1.68. The van der Waals surface area contributed by atoms with E-state index in [0.717, 1.165) is 25.9 Å². The molecule has 0 saturated carbocycles. The molecule has 0 N–H and O–H groups in total. The lowest BCUT2D eigenvalue weighted by Gasteiger charge is -2.31. The minimum Gasteiger partial charge on any atom is -0.354 e. The summed E-state index contributed by atoms with van der Waals surface area (Å²) in [5.74, 6) is 0.689. The monoisotopic (exact) mass is 305 g/mol. The number of pyridine rings is 2. The third-order valence-electron chi connectivity index (χ3n) is 3.96. The van der Waals surface area contributed by atoms with Crippen molar-refractivity contribution in [3.8, 4) is 11.3 Å². The fraction of sp³-hybridized carbons (Fsp3) is 0.375. The van der Waals surface area contributed by atoms with Crippen LogP contribution in [0.2, 0.25) is 5.02 Å². The summed E-state index contributed by atoms with van der Waals surface area (Å²) in [6, 6.07) is 5.37. The molecular weight excluding hydrogens is 289 g/mol. The molecule has 3 nitrogen and oxygen atoms in total. The first kappa shape index (κ1) is 14.3. The van der Waals surface area contributed by atoms with Gasteiger partial charge in [0, 0.05) is 25.5 Å². The van der Waals surface area contributed by atoms with Gasteiger partial charge in [-0.2, -0.15) is 0 Å². The third-order valence-corrected chi connectivity index (χ3v) is 4.25. The van der Waals surface area contributed by atoms with E-state index in [1.54, 1.807) is 18.3 Å². The lowest BCUT2D eigenvalue weighted by atomic mass is 9.99.